The molecule has 0 aliphatic heterocycles. The molecule has 160 valence electrons. The molecule has 0 spiro atoms. The van der Waals surface area contributed by atoms with E-state index >= 15 is 0 Å². The van der Waals surface area contributed by atoms with Crippen LogP contribution in [0.2, 0.25) is 0 Å². The van der Waals surface area contributed by atoms with Crippen molar-refractivity contribution in [3.63, 3.8) is 0 Å². The number of fused-ring (bicyclic) bond motifs is 6. The highest BCUT2D eigenvalue weighted by Gasteiger charge is 2.27. The molecule has 0 N–H and O–H groups in total. The van der Waals surface area contributed by atoms with Gasteiger partial charge >= 0.3 is 0 Å². The number of allylic oxidation sites excluding steroid dienone is 2. The molecule has 2 aromatic heterocycles. The van der Waals surface area contributed by atoms with E-state index in [1.54, 1.807) is 0 Å². The Kier molecular flexibility index (Phi) is 4.04. The molecule has 0 saturated heterocycles. The van der Waals surface area contributed by atoms with Crippen LogP contribution in [0.25, 0.3) is 45.3 Å². The predicted molar refractivity (Wildman–Crippen MR) is 140 cm³/mol. The molecule has 3 aromatic carbocycles. The Balaban J connectivity index is 1.51. The van der Waals surface area contributed by atoms with Gasteiger partial charge in [-0.15, -0.1) is 0 Å². The third-order valence-corrected chi connectivity index (χ3v) is 7.40. The second-order valence-corrected chi connectivity index (χ2v) is 9.37. The highest BCUT2D eigenvalue weighted by atomic mass is 15.0. The van der Waals surface area contributed by atoms with E-state index in [0.717, 1.165) is 19.3 Å². The zero-order chi connectivity index (χ0) is 21.9. The SMILES string of the molecule is CC1CC=Cc2c3c(n(-c4cccc(-n5c6ccccc6c6ccccc65)c4)c21)C=CCC3. The van der Waals surface area contributed by atoms with Crippen molar-refractivity contribution < 1.29 is 0 Å². The summed E-state index contributed by atoms with van der Waals surface area (Å²) in [6.07, 6.45) is 12.7. The van der Waals surface area contributed by atoms with E-state index in [2.05, 4.69) is 113 Å². The second kappa shape index (κ2) is 7.11. The van der Waals surface area contributed by atoms with Gasteiger partial charge in [0.1, 0.15) is 0 Å². The largest absolute Gasteiger partial charge is 0.313 e. The van der Waals surface area contributed by atoms with Gasteiger partial charge in [-0.2, -0.15) is 0 Å². The topological polar surface area (TPSA) is 9.86 Å². The number of nitrogens with zero attached hydrogens (tertiary/aromatic N) is 2. The van der Waals surface area contributed by atoms with Gasteiger partial charge < -0.3 is 9.13 Å². The maximum Gasteiger partial charge on any atom is 0.0541 e. The Labute approximate surface area is 194 Å². The monoisotopic (exact) mass is 426 g/mol. The van der Waals surface area contributed by atoms with Crippen molar-refractivity contribution >= 4 is 34.0 Å². The number of hydrogen-bond donors (Lipinski definition) is 0. The number of aromatic nitrogens is 2. The molecule has 0 amide bonds. The molecule has 1 unspecified atom stereocenters. The summed E-state index contributed by atoms with van der Waals surface area (Å²) in [7, 11) is 0. The van der Waals surface area contributed by atoms with Gasteiger partial charge in [-0.1, -0.05) is 67.6 Å². The van der Waals surface area contributed by atoms with Gasteiger partial charge in [-0.25, -0.2) is 0 Å². The molecule has 0 saturated carbocycles. The fraction of sp³-hybridized carbons (Fsp3) is 0.161. The van der Waals surface area contributed by atoms with E-state index in [1.807, 2.05) is 0 Å². The standard InChI is InChI=1S/C31H26N2/c1-21-10-8-16-27-26-15-4-7-19-30(26)33(31(21)27)23-12-9-11-22(20-23)32-28-17-5-2-13-24(28)25-14-3-6-18-29(25)32/h2-3,5-9,11-14,16-21H,4,10,15H2,1H3. The van der Waals surface area contributed by atoms with Gasteiger partial charge in [-0.05, 0) is 66.8 Å². The minimum atomic E-state index is 0.515. The minimum Gasteiger partial charge on any atom is -0.313 e. The lowest BCUT2D eigenvalue weighted by Gasteiger charge is -2.20. The van der Waals surface area contributed by atoms with E-state index < -0.39 is 0 Å². The van der Waals surface area contributed by atoms with Crippen LogP contribution in [0.4, 0.5) is 0 Å². The van der Waals surface area contributed by atoms with Crippen LogP contribution >= 0.6 is 0 Å². The van der Waals surface area contributed by atoms with Gasteiger partial charge in [0.2, 0.25) is 0 Å². The summed E-state index contributed by atoms with van der Waals surface area (Å²) in [5, 5.41) is 2.60. The quantitative estimate of drug-likeness (QED) is 0.270. The maximum atomic E-state index is 2.53. The highest BCUT2D eigenvalue weighted by molar-refractivity contribution is 6.09. The Bertz CT molecular complexity index is 1550. The van der Waals surface area contributed by atoms with Crippen LogP contribution in [0.3, 0.4) is 0 Å². The summed E-state index contributed by atoms with van der Waals surface area (Å²) < 4.78 is 4.95. The molecular formula is C31H26N2. The molecule has 33 heavy (non-hydrogen) atoms. The van der Waals surface area contributed by atoms with E-state index in [4.69, 9.17) is 0 Å². The van der Waals surface area contributed by atoms with Crippen molar-refractivity contribution in [3.8, 4) is 11.4 Å². The van der Waals surface area contributed by atoms with Crippen LogP contribution in [0.15, 0.2) is 84.9 Å². The molecule has 0 fully saturated rings. The molecule has 0 radical (unpaired) electrons. The number of para-hydroxylation sites is 2. The van der Waals surface area contributed by atoms with Gasteiger partial charge in [0.15, 0.2) is 0 Å². The van der Waals surface area contributed by atoms with Crippen molar-refractivity contribution in [2.45, 2.75) is 32.1 Å². The van der Waals surface area contributed by atoms with Crippen LogP contribution in [0.1, 0.15) is 48.2 Å². The van der Waals surface area contributed by atoms with Crippen molar-refractivity contribution in [1.29, 1.82) is 0 Å². The van der Waals surface area contributed by atoms with Crippen molar-refractivity contribution in [2.75, 3.05) is 0 Å². The summed E-state index contributed by atoms with van der Waals surface area (Å²) in [5.74, 6) is 0.515. The summed E-state index contributed by atoms with van der Waals surface area (Å²) >= 11 is 0. The fourth-order valence-electron chi connectivity index (χ4n) is 5.96. The highest BCUT2D eigenvalue weighted by Crippen LogP contribution is 2.41. The van der Waals surface area contributed by atoms with Crippen LogP contribution in [0.5, 0.6) is 0 Å². The first-order valence-corrected chi connectivity index (χ1v) is 12.0. The van der Waals surface area contributed by atoms with Gasteiger partial charge in [0.05, 0.1) is 11.0 Å². The molecule has 0 bridgehead atoms. The van der Waals surface area contributed by atoms with Crippen LogP contribution in [-0.4, -0.2) is 9.13 Å². The molecule has 7 rings (SSSR count). The Morgan fingerprint density at radius 3 is 2.18 bits per heavy atom. The molecule has 2 heterocycles. The summed E-state index contributed by atoms with van der Waals surface area (Å²) in [4.78, 5) is 0. The first kappa shape index (κ1) is 18.8. The van der Waals surface area contributed by atoms with Gasteiger partial charge in [0, 0.05) is 39.5 Å². The lowest BCUT2D eigenvalue weighted by Crippen LogP contribution is -2.08. The van der Waals surface area contributed by atoms with Crippen molar-refractivity contribution in [2.24, 2.45) is 0 Å². The van der Waals surface area contributed by atoms with Crippen LogP contribution in [-0.2, 0) is 6.42 Å². The molecule has 2 aliphatic carbocycles. The third-order valence-electron chi connectivity index (χ3n) is 7.40. The minimum absolute atomic E-state index is 0.515. The molecule has 2 aliphatic rings. The van der Waals surface area contributed by atoms with E-state index in [1.165, 1.54) is 55.7 Å². The molecular weight excluding hydrogens is 400 g/mol. The molecule has 1 atom stereocenters. The zero-order valence-electron chi connectivity index (χ0n) is 18.8. The lowest BCUT2D eigenvalue weighted by atomic mass is 9.90. The first-order chi connectivity index (χ1) is 16.3. The van der Waals surface area contributed by atoms with Crippen molar-refractivity contribution in [3.05, 3.63) is 107 Å². The van der Waals surface area contributed by atoms with E-state index in [0.29, 0.717) is 5.92 Å². The maximum absolute atomic E-state index is 2.53. The second-order valence-electron chi connectivity index (χ2n) is 9.37. The summed E-state index contributed by atoms with van der Waals surface area (Å²) in [6, 6.07) is 26.6. The normalized spacial score (nSPS) is 16.9. The predicted octanol–water partition coefficient (Wildman–Crippen LogP) is 8.05. The Morgan fingerprint density at radius 1 is 0.727 bits per heavy atom. The third kappa shape index (κ3) is 2.67. The molecule has 5 aromatic rings. The lowest BCUT2D eigenvalue weighted by molar-refractivity contribution is 0.716. The van der Waals surface area contributed by atoms with Crippen molar-refractivity contribution in [1.82, 2.24) is 9.13 Å². The average molecular weight is 427 g/mol. The number of rotatable bonds is 2. The number of hydrogen-bond acceptors (Lipinski definition) is 0. The zero-order valence-corrected chi connectivity index (χ0v) is 18.8. The average Bonchev–Trinajstić information content (AvgIpc) is 3.38. The van der Waals surface area contributed by atoms with E-state index in [-0.39, 0.29) is 0 Å². The smallest absolute Gasteiger partial charge is 0.0541 e. The first-order valence-electron chi connectivity index (χ1n) is 12.0. The number of benzene rings is 3. The molecule has 2 heteroatoms. The van der Waals surface area contributed by atoms with Crippen LogP contribution < -0.4 is 0 Å². The summed E-state index contributed by atoms with van der Waals surface area (Å²) in [5.41, 5.74) is 10.8. The van der Waals surface area contributed by atoms with Gasteiger partial charge in [-0.3, -0.25) is 0 Å². The summed E-state index contributed by atoms with van der Waals surface area (Å²) in [6.45, 7) is 2.37. The molecule has 2 nitrogen and oxygen atoms in total. The van der Waals surface area contributed by atoms with Gasteiger partial charge in [0.25, 0.3) is 0 Å². The fourth-order valence-corrected chi connectivity index (χ4v) is 5.96. The van der Waals surface area contributed by atoms with Crippen LogP contribution in [0, 0.1) is 0 Å². The van der Waals surface area contributed by atoms with E-state index in [9.17, 15) is 0 Å². The Morgan fingerprint density at radius 2 is 1.42 bits per heavy atom. The Hall–Kier alpha value is -3.78.